The van der Waals surface area contributed by atoms with Gasteiger partial charge in [-0.25, -0.2) is 15.0 Å². The summed E-state index contributed by atoms with van der Waals surface area (Å²) in [6.45, 7) is 7.87. The minimum atomic E-state index is -1.07. The number of carbonyl (C=O) groups excluding carboxylic acids is 1. The number of amides is 1. The lowest BCUT2D eigenvalue weighted by Gasteiger charge is -2.34. The van der Waals surface area contributed by atoms with Gasteiger partial charge in [0.1, 0.15) is 5.60 Å². The summed E-state index contributed by atoms with van der Waals surface area (Å²) in [6, 6.07) is 11.3. The first kappa shape index (κ1) is 26.8. The van der Waals surface area contributed by atoms with E-state index in [4.69, 9.17) is 0 Å². The van der Waals surface area contributed by atoms with Gasteiger partial charge in [0, 0.05) is 58.1 Å². The first-order valence-electron chi connectivity index (χ1n) is 11.1. The standard InChI is InChI=1S/C23H33N7O2.HI/c1-3-24-21(28-18-23(2,32)19-8-5-4-6-9-19)25-13-10-20(31)29-14-16-30(17-15-29)22-26-11-7-12-27-22;/h4-9,11-12,32H,3,10,13-18H2,1-2H3,(H2,24,25,28);1H. The van der Waals surface area contributed by atoms with Crippen molar-refractivity contribution in [1.29, 1.82) is 0 Å². The lowest BCUT2D eigenvalue weighted by Crippen LogP contribution is -2.50. The van der Waals surface area contributed by atoms with Crippen molar-refractivity contribution in [2.75, 3.05) is 50.7 Å². The molecule has 2 aromatic rings. The zero-order valence-corrected chi connectivity index (χ0v) is 21.6. The third-order valence-corrected chi connectivity index (χ3v) is 5.38. The normalized spacial score (nSPS) is 15.9. The molecule has 9 nitrogen and oxygen atoms in total. The van der Waals surface area contributed by atoms with E-state index in [0.717, 1.165) is 18.7 Å². The number of benzene rings is 1. The van der Waals surface area contributed by atoms with Crippen LogP contribution >= 0.6 is 24.0 Å². The van der Waals surface area contributed by atoms with Crippen LogP contribution in [0.5, 0.6) is 0 Å². The first-order valence-corrected chi connectivity index (χ1v) is 11.1. The van der Waals surface area contributed by atoms with Gasteiger partial charge in [0.15, 0.2) is 5.96 Å². The van der Waals surface area contributed by atoms with E-state index in [1.165, 1.54) is 0 Å². The molecule has 0 saturated carbocycles. The van der Waals surface area contributed by atoms with Crippen molar-refractivity contribution in [1.82, 2.24) is 25.5 Å². The van der Waals surface area contributed by atoms with E-state index in [2.05, 4.69) is 30.5 Å². The number of halogens is 1. The highest BCUT2D eigenvalue weighted by Crippen LogP contribution is 2.20. The second-order valence-corrected chi connectivity index (χ2v) is 7.93. The van der Waals surface area contributed by atoms with Crippen LogP contribution in [0.1, 0.15) is 25.8 Å². The number of aliphatic imine (C=N–C) groups is 1. The van der Waals surface area contributed by atoms with E-state index < -0.39 is 5.60 Å². The van der Waals surface area contributed by atoms with Crippen molar-refractivity contribution < 1.29 is 9.90 Å². The number of nitrogens with one attached hydrogen (secondary N) is 2. The number of piperazine rings is 1. The molecular formula is C23H34IN7O2. The minimum Gasteiger partial charge on any atom is -0.384 e. The molecule has 1 aliphatic rings. The maximum Gasteiger partial charge on any atom is 0.225 e. The highest BCUT2D eigenvalue weighted by molar-refractivity contribution is 14.0. The van der Waals surface area contributed by atoms with Gasteiger partial charge in [-0.15, -0.1) is 24.0 Å². The fraction of sp³-hybridized carbons (Fsp3) is 0.478. The number of rotatable bonds is 8. The van der Waals surface area contributed by atoms with E-state index in [9.17, 15) is 9.90 Å². The third-order valence-electron chi connectivity index (χ3n) is 5.38. The lowest BCUT2D eigenvalue weighted by molar-refractivity contribution is -0.131. The molecule has 1 atom stereocenters. The van der Waals surface area contributed by atoms with Gasteiger partial charge in [0.2, 0.25) is 11.9 Å². The number of aliphatic hydroxyl groups is 1. The van der Waals surface area contributed by atoms with Gasteiger partial charge in [-0.1, -0.05) is 30.3 Å². The smallest absolute Gasteiger partial charge is 0.225 e. The second kappa shape index (κ2) is 13.3. The van der Waals surface area contributed by atoms with Crippen molar-refractivity contribution in [2.24, 2.45) is 4.99 Å². The molecule has 1 amide bonds. The molecule has 1 aromatic heterocycles. The Labute approximate surface area is 212 Å². The van der Waals surface area contributed by atoms with Crippen molar-refractivity contribution in [3.8, 4) is 0 Å². The Kier molecular flexibility index (Phi) is 10.8. The summed E-state index contributed by atoms with van der Waals surface area (Å²) >= 11 is 0. The lowest BCUT2D eigenvalue weighted by atomic mass is 9.96. The number of anilines is 1. The molecule has 1 aromatic carbocycles. The van der Waals surface area contributed by atoms with Gasteiger partial charge >= 0.3 is 0 Å². The van der Waals surface area contributed by atoms with Gasteiger partial charge in [0.25, 0.3) is 0 Å². The summed E-state index contributed by atoms with van der Waals surface area (Å²) in [5, 5.41) is 17.1. The molecule has 1 saturated heterocycles. The fourth-order valence-electron chi connectivity index (χ4n) is 3.52. The summed E-state index contributed by atoms with van der Waals surface area (Å²) in [4.78, 5) is 29.7. The number of hydrogen-bond acceptors (Lipinski definition) is 6. The number of guanidine groups is 1. The monoisotopic (exact) mass is 567 g/mol. The quantitative estimate of drug-likeness (QED) is 0.253. The van der Waals surface area contributed by atoms with Gasteiger partial charge in [-0.2, -0.15) is 0 Å². The predicted molar refractivity (Wildman–Crippen MR) is 141 cm³/mol. The maximum atomic E-state index is 12.6. The summed E-state index contributed by atoms with van der Waals surface area (Å²) in [7, 11) is 0. The summed E-state index contributed by atoms with van der Waals surface area (Å²) < 4.78 is 0. The number of hydrogen-bond donors (Lipinski definition) is 3. The number of nitrogens with zero attached hydrogens (tertiary/aromatic N) is 5. The van der Waals surface area contributed by atoms with E-state index in [1.807, 2.05) is 42.2 Å². The molecule has 0 aliphatic carbocycles. The Bertz CT molecular complexity index is 873. The van der Waals surface area contributed by atoms with Crippen molar-refractivity contribution in [2.45, 2.75) is 25.9 Å². The Morgan fingerprint density at radius 3 is 2.39 bits per heavy atom. The topological polar surface area (TPSA) is 106 Å². The SMILES string of the molecule is CCNC(=NCC(C)(O)c1ccccc1)NCCC(=O)N1CCN(c2ncccn2)CC1.I. The van der Waals surface area contributed by atoms with Crippen LogP contribution in [0.25, 0.3) is 0 Å². The molecule has 0 radical (unpaired) electrons. The van der Waals surface area contributed by atoms with Crippen molar-refractivity contribution >= 4 is 41.8 Å². The van der Waals surface area contributed by atoms with E-state index >= 15 is 0 Å². The maximum absolute atomic E-state index is 12.6. The summed E-state index contributed by atoms with van der Waals surface area (Å²) in [5.74, 6) is 1.40. The van der Waals surface area contributed by atoms with Crippen LogP contribution in [0.2, 0.25) is 0 Å². The number of carbonyl (C=O) groups is 1. The van der Waals surface area contributed by atoms with Crippen LogP contribution in [0.4, 0.5) is 5.95 Å². The predicted octanol–water partition coefficient (Wildman–Crippen LogP) is 1.60. The van der Waals surface area contributed by atoms with Crippen molar-refractivity contribution in [3.63, 3.8) is 0 Å². The second-order valence-electron chi connectivity index (χ2n) is 7.93. The van der Waals surface area contributed by atoms with E-state index in [1.54, 1.807) is 25.4 Å². The molecule has 1 unspecified atom stereocenters. The van der Waals surface area contributed by atoms with Crippen LogP contribution < -0.4 is 15.5 Å². The summed E-state index contributed by atoms with van der Waals surface area (Å²) in [5.41, 5.74) is -0.253. The van der Waals surface area contributed by atoms with Gasteiger partial charge in [-0.3, -0.25) is 4.79 Å². The van der Waals surface area contributed by atoms with Gasteiger partial charge in [-0.05, 0) is 25.5 Å². The minimum absolute atomic E-state index is 0. The molecular weight excluding hydrogens is 533 g/mol. The van der Waals surface area contributed by atoms with Crippen molar-refractivity contribution in [3.05, 3.63) is 54.4 Å². The molecule has 3 N–H and O–H groups in total. The van der Waals surface area contributed by atoms with E-state index in [0.29, 0.717) is 44.5 Å². The molecule has 2 heterocycles. The molecule has 1 aliphatic heterocycles. The average Bonchev–Trinajstić information content (AvgIpc) is 2.83. The van der Waals surface area contributed by atoms with Crippen LogP contribution in [-0.2, 0) is 10.4 Å². The Morgan fingerprint density at radius 1 is 1.09 bits per heavy atom. The van der Waals surface area contributed by atoms with Gasteiger partial charge < -0.3 is 25.5 Å². The average molecular weight is 567 g/mol. The Morgan fingerprint density at radius 2 is 1.76 bits per heavy atom. The van der Waals surface area contributed by atoms with Crippen LogP contribution in [0.15, 0.2) is 53.8 Å². The molecule has 180 valence electrons. The third kappa shape index (κ3) is 8.11. The summed E-state index contributed by atoms with van der Waals surface area (Å²) in [6.07, 6.45) is 3.84. The van der Waals surface area contributed by atoms with Crippen LogP contribution in [-0.4, -0.2) is 77.7 Å². The van der Waals surface area contributed by atoms with Gasteiger partial charge in [0.05, 0.1) is 6.54 Å². The first-order chi connectivity index (χ1) is 15.5. The highest BCUT2D eigenvalue weighted by Gasteiger charge is 2.23. The molecule has 33 heavy (non-hydrogen) atoms. The van der Waals surface area contributed by atoms with E-state index in [-0.39, 0.29) is 36.4 Å². The Hall–Kier alpha value is -2.47. The molecule has 1 fully saturated rings. The Balaban J connectivity index is 0.00000385. The molecule has 10 heteroatoms. The largest absolute Gasteiger partial charge is 0.384 e. The zero-order chi connectivity index (χ0) is 22.8. The van der Waals surface area contributed by atoms with Crippen LogP contribution in [0.3, 0.4) is 0 Å². The van der Waals surface area contributed by atoms with Crippen LogP contribution in [0, 0.1) is 0 Å². The number of aromatic nitrogens is 2. The molecule has 0 spiro atoms. The molecule has 3 rings (SSSR count). The molecule has 0 bridgehead atoms. The zero-order valence-electron chi connectivity index (χ0n) is 19.3. The fourth-order valence-corrected chi connectivity index (χ4v) is 3.52. The highest BCUT2D eigenvalue weighted by atomic mass is 127.